The number of benzene rings is 1. The molecule has 0 saturated carbocycles. The molecule has 1 N–H and O–H groups in total. The SMILES string of the molecule is CC(=O)N(CC(F)F)c1ccc(-c2ccc(C(=O)NCc3ccc4nccn4c3)cn2)cc1F. The number of hydrogen-bond donors (Lipinski definition) is 1. The van der Waals surface area contributed by atoms with E-state index in [0.29, 0.717) is 28.3 Å². The lowest BCUT2D eigenvalue weighted by molar-refractivity contribution is -0.117. The fourth-order valence-corrected chi connectivity index (χ4v) is 3.47. The predicted molar refractivity (Wildman–Crippen MR) is 120 cm³/mol. The molecule has 4 rings (SSSR count). The minimum absolute atomic E-state index is 0.235. The molecule has 10 heteroatoms. The van der Waals surface area contributed by atoms with Crippen LogP contribution in [0.1, 0.15) is 22.8 Å². The van der Waals surface area contributed by atoms with Crippen molar-refractivity contribution >= 4 is 23.1 Å². The summed E-state index contributed by atoms with van der Waals surface area (Å²) in [4.78, 5) is 33.2. The van der Waals surface area contributed by atoms with Crippen LogP contribution in [0.5, 0.6) is 0 Å². The van der Waals surface area contributed by atoms with Crippen molar-refractivity contribution in [3.63, 3.8) is 0 Å². The Labute approximate surface area is 192 Å². The number of nitrogens with one attached hydrogen (secondary N) is 1. The summed E-state index contributed by atoms with van der Waals surface area (Å²) >= 11 is 0. The number of fused-ring (bicyclic) bond motifs is 1. The second kappa shape index (κ2) is 9.74. The van der Waals surface area contributed by atoms with Crippen LogP contribution in [0.25, 0.3) is 16.9 Å². The first kappa shape index (κ1) is 23.0. The maximum atomic E-state index is 14.6. The maximum absolute atomic E-state index is 14.6. The molecule has 7 nitrogen and oxygen atoms in total. The number of aromatic nitrogens is 3. The molecule has 0 aliphatic rings. The van der Waals surface area contributed by atoms with Crippen LogP contribution in [0.15, 0.2) is 67.3 Å². The summed E-state index contributed by atoms with van der Waals surface area (Å²) < 4.78 is 42.0. The smallest absolute Gasteiger partial charge is 0.256 e. The van der Waals surface area contributed by atoms with Crippen molar-refractivity contribution in [1.82, 2.24) is 19.7 Å². The number of rotatable bonds is 7. The first-order valence-corrected chi connectivity index (χ1v) is 10.3. The van der Waals surface area contributed by atoms with Crippen LogP contribution in [0.2, 0.25) is 0 Å². The molecule has 3 heterocycles. The number of imidazole rings is 1. The highest BCUT2D eigenvalue weighted by molar-refractivity contribution is 5.94. The summed E-state index contributed by atoms with van der Waals surface area (Å²) in [5.41, 5.74) is 2.55. The van der Waals surface area contributed by atoms with Gasteiger partial charge in [-0.15, -0.1) is 0 Å². The molecule has 0 atom stereocenters. The third-order valence-corrected chi connectivity index (χ3v) is 5.16. The number of alkyl halides is 2. The molecule has 0 bridgehead atoms. The second-order valence-corrected chi connectivity index (χ2v) is 7.53. The normalized spacial score (nSPS) is 11.1. The van der Waals surface area contributed by atoms with Crippen molar-refractivity contribution in [2.45, 2.75) is 19.9 Å². The maximum Gasteiger partial charge on any atom is 0.256 e. The summed E-state index contributed by atoms with van der Waals surface area (Å²) in [6.45, 7) is 0.508. The van der Waals surface area contributed by atoms with Crippen LogP contribution >= 0.6 is 0 Å². The monoisotopic (exact) mass is 467 g/mol. The van der Waals surface area contributed by atoms with E-state index in [1.165, 1.54) is 18.3 Å². The molecule has 4 aromatic rings. The largest absolute Gasteiger partial charge is 0.348 e. The van der Waals surface area contributed by atoms with Gasteiger partial charge in [0.15, 0.2) is 0 Å². The van der Waals surface area contributed by atoms with E-state index in [2.05, 4.69) is 15.3 Å². The molecule has 34 heavy (non-hydrogen) atoms. The molecule has 0 fully saturated rings. The van der Waals surface area contributed by atoms with Crippen LogP contribution in [0.3, 0.4) is 0 Å². The second-order valence-electron chi connectivity index (χ2n) is 7.53. The number of anilines is 1. The van der Waals surface area contributed by atoms with E-state index in [-0.39, 0.29) is 11.6 Å². The molecule has 3 aromatic heterocycles. The number of amides is 2. The van der Waals surface area contributed by atoms with Gasteiger partial charge >= 0.3 is 0 Å². The van der Waals surface area contributed by atoms with E-state index in [1.54, 1.807) is 18.3 Å². The van der Waals surface area contributed by atoms with Gasteiger partial charge in [-0.05, 0) is 35.9 Å². The van der Waals surface area contributed by atoms with E-state index in [9.17, 15) is 22.8 Å². The molecule has 0 radical (unpaired) electrons. The summed E-state index contributed by atoms with van der Waals surface area (Å²) in [6.07, 6.45) is 3.95. The number of pyridine rings is 2. The number of nitrogens with zero attached hydrogens (tertiary/aromatic N) is 4. The lowest BCUT2D eigenvalue weighted by Gasteiger charge is -2.21. The summed E-state index contributed by atoms with van der Waals surface area (Å²) in [6, 6.07) is 10.7. The van der Waals surface area contributed by atoms with Crippen LogP contribution in [0.4, 0.5) is 18.9 Å². The Morgan fingerprint density at radius 1 is 1.12 bits per heavy atom. The Hall–Kier alpha value is -4.21. The standard InChI is InChI=1S/C24H20F3N5O2/c1-15(33)32(14-22(26)27)21-6-4-17(10-19(21)25)20-5-3-18(12-29-20)24(34)30-11-16-2-7-23-28-8-9-31(23)13-16/h2-10,12-13,22H,11,14H2,1H3,(H,30,34). The Bertz CT molecular complexity index is 1340. The van der Waals surface area contributed by atoms with Crippen molar-refractivity contribution in [3.8, 4) is 11.3 Å². The molecule has 174 valence electrons. The van der Waals surface area contributed by atoms with Crippen molar-refractivity contribution in [3.05, 3.63) is 84.2 Å². The Morgan fingerprint density at radius 3 is 2.62 bits per heavy atom. The van der Waals surface area contributed by atoms with Crippen molar-refractivity contribution in [1.29, 1.82) is 0 Å². The quantitative estimate of drug-likeness (QED) is 0.444. The average Bonchev–Trinajstić information content (AvgIpc) is 3.29. The van der Waals surface area contributed by atoms with Gasteiger partial charge in [-0.25, -0.2) is 18.2 Å². The fraction of sp³-hybridized carbons (Fsp3) is 0.167. The van der Waals surface area contributed by atoms with E-state index in [0.717, 1.165) is 24.2 Å². The minimum atomic E-state index is -2.79. The van der Waals surface area contributed by atoms with E-state index < -0.39 is 24.7 Å². The number of carbonyl (C=O) groups excluding carboxylic acids is 2. The molecule has 0 aliphatic heterocycles. The number of halogens is 3. The number of hydrogen-bond acceptors (Lipinski definition) is 4. The van der Waals surface area contributed by atoms with Gasteiger partial charge in [0.25, 0.3) is 12.3 Å². The van der Waals surface area contributed by atoms with Gasteiger partial charge in [0.1, 0.15) is 11.5 Å². The van der Waals surface area contributed by atoms with E-state index in [1.807, 2.05) is 28.9 Å². The van der Waals surface area contributed by atoms with Gasteiger partial charge in [0.05, 0.1) is 23.5 Å². The lowest BCUT2D eigenvalue weighted by atomic mass is 10.1. The highest BCUT2D eigenvalue weighted by Crippen LogP contribution is 2.26. The van der Waals surface area contributed by atoms with E-state index >= 15 is 0 Å². The molecule has 0 aliphatic carbocycles. The van der Waals surface area contributed by atoms with Gasteiger partial charge in [-0.2, -0.15) is 0 Å². The first-order valence-electron chi connectivity index (χ1n) is 10.3. The number of carbonyl (C=O) groups is 2. The molecule has 0 saturated heterocycles. The third-order valence-electron chi connectivity index (χ3n) is 5.16. The summed E-state index contributed by atoms with van der Waals surface area (Å²) in [5.74, 6) is -1.84. The zero-order valence-electron chi connectivity index (χ0n) is 18.1. The first-order chi connectivity index (χ1) is 16.3. The van der Waals surface area contributed by atoms with Crippen LogP contribution in [-0.2, 0) is 11.3 Å². The molecule has 1 aromatic carbocycles. The van der Waals surface area contributed by atoms with Crippen LogP contribution < -0.4 is 10.2 Å². The molecule has 0 spiro atoms. The average molecular weight is 467 g/mol. The third kappa shape index (κ3) is 5.06. The predicted octanol–water partition coefficient (Wildman–Crippen LogP) is 4.08. The summed E-state index contributed by atoms with van der Waals surface area (Å²) in [7, 11) is 0. The zero-order valence-corrected chi connectivity index (χ0v) is 18.1. The van der Waals surface area contributed by atoms with Crippen molar-refractivity contribution in [2.75, 3.05) is 11.4 Å². The molecular weight excluding hydrogens is 447 g/mol. The van der Waals surface area contributed by atoms with E-state index in [4.69, 9.17) is 0 Å². The van der Waals surface area contributed by atoms with Gasteiger partial charge in [-0.1, -0.05) is 12.1 Å². The Balaban J connectivity index is 1.44. The zero-order chi connectivity index (χ0) is 24.2. The Kier molecular flexibility index (Phi) is 6.58. The lowest BCUT2D eigenvalue weighted by Crippen LogP contribution is -2.33. The highest BCUT2D eigenvalue weighted by atomic mass is 19.3. The molecule has 2 amide bonds. The van der Waals surface area contributed by atoms with Gasteiger partial charge in [0.2, 0.25) is 5.91 Å². The van der Waals surface area contributed by atoms with Crippen LogP contribution in [0, 0.1) is 5.82 Å². The van der Waals surface area contributed by atoms with Gasteiger partial charge in [-0.3, -0.25) is 14.6 Å². The van der Waals surface area contributed by atoms with Gasteiger partial charge < -0.3 is 14.6 Å². The van der Waals surface area contributed by atoms with Gasteiger partial charge in [0, 0.05) is 43.8 Å². The minimum Gasteiger partial charge on any atom is -0.348 e. The Morgan fingerprint density at radius 2 is 1.94 bits per heavy atom. The highest BCUT2D eigenvalue weighted by Gasteiger charge is 2.20. The summed E-state index contributed by atoms with van der Waals surface area (Å²) in [5, 5.41) is 2.82. The topological polar surface area (TPSA) is 79.6 Å². The fourth-order valence-electron chi connectivity index (χ4n) is 3.47. The molecule has 0 unspecified atom stereocenters. The van der Waals surface area contributed by atoms with Crippen molar-refractivity contribution in [2.24, 2.45) is 0 Å². The van der Waals surface area contributed by atoms with Crippen molar-refractivity contribution < 1.29 is 22.8 Å². The molecular formula is C24H20F3N5O2. The van der Waals surface area contributed by atoms with Crippen LogP contribution in [-0.4, -0.2) is 39.2 Å².